The molecule has 0 saturated carbocycles. The highest BCUT2D eigenvalue weighted by atomic mass is 16.2. The van der Waals surface area contributed by atoms with E-state index in [0.717, 1.165) is 51.4 Å². The fourth-order valence-corrected chi connectivity index (χ4v) is 3.15. The molecule has 114 valence electrons. The Morgan fingerprint density at radius 1 is 1.29 bits per heavy atom. The van der Waals surface area contributed by atoms with E-state index >= 15 is 0 Å². The number of piperazine rings is 1. The van der Waals surface area contributed by atoms with Gasteiger partial charge in [-0.05, 0) is 31.5 Å². The summed E-state index contributed by atoms with van der Waals surface area (Å²) in [5.41, 5.74) is 1.10. The average Bonchev–Trinajstić information content (AvgIpc) is 3.02. The lowest BCUT2D eigenvalue weighted by Gasteiger charge is -2.35. The fourth-order valence-electron chi connectivity index (χ4n) is 3.15. The van der Waals surface area contributed by atoms with Crippen LogP contribution in [0.5, 0.6) is 0 Å². The molecule has 5 nitrogen and oxygen atoms in total. The SMILES string of the molecule is O=C(CC1CCCN1)N1CCN(Cc2ccccn2)CC1. The minimum atomic E-state index is 0.312. The zero-order valence-electron chi connectivity index (χ0n) is 12.5. The van der Waals surface area contributed by atoms with Crippen LogP contribution >= 0.6 is 0 Å². The van der Waals surface area contributed by atoms with Gasteiger partial charge in [0, 0.05) is 51.4 Å². The average molecular weight is 288 g/mol. The van der Waals surface area contributed by atoms with Crippen LogP contribution in [0.25, 0.3) is 0 Å². The van der Waals surface area contributed by atoms with Crippen LogP contribution in [-0.2, 0) is 11.3 Å². The van der Waals surface area contributed by atoms with E-state index in [1.165, 1.54) is 6.42 Å². The van der Waals surface area contributed by atoms with Crippen molar-refractivity contribution in [2.24, 2.45) is 0 Å². The van der Waals surface area contributed by atoms with Gasteiger partial charge in [-0.15, -0.1) is 0 Å². The molecule has 3 heterocycles. The number of hydrogen-bond acceptors (Lipinski definition) is 4. The van der Waals surface area contributed by atoms with E-state index in [1.807, 2.05) is 23.2 Å². The molecule has 0 aliphatic carbocycles. The van der Waals surface area contributed by atoms with Crippen LogP contribution in [0.15, 0.2) is 24.4 Å². The molecule has 21 heavy (non-hydrogen) atoms. The monoisotopic (exact) mass is 288 g/mol. The molecule has 1 aromatic rings. The van der Waals surface area contributed by atoms with Crippen LogP contribution in [0.3, 0.4) is 0 Å². The first-order valence-corrected chi connectivity index (χ1v) is 7.95. The number of nitrogens with zero attached hydrogens (tertiary/aromatic N) is 3. The van der Waals surface area contributed by atoms with Crippen LogP contribution in [0.2, 0.25) is 0 Å². The third-order valence-electron chi connectivity index (χ3n) is 4.42. The van der Waals surface area contributed by atoms with Crippen LogP contribution < -0.4 is 5.32 Å². The van der Waals surface area contributed by atoms with Crippen molar-refractivity contribution >= 4 is 5.91 Å². The van der Waals surface area contributed by atoms with E-state index in [1.54, 1.807) is 0 Å². The number of aromatic nitrogens is 1. The van der Waals surface area contributed by atoms with E-state index in [2.05, 4.69) is 21.3 Å². The maximum absolute atomic E-state index is 12.3. The number of amides is 1. The standard InChI is InChI=1S/C16H24N4O/c21-16(12-14-5-3-7-17-14)20-10-8-19(9-11-20)13-15-4-1-2-6-18-15/h1-2,4,6,14,17H,3,5,7-13H2. The van der Waals surface area contributed by atoms with Gasteiger partial charge in [0.15, 0.2) is 0 Å². The first-order chi connectivity index (χ1) is 10.3. The lowest BCUT2D eigenvalue weighted by molar-refractivity contribution is -0.133. The number of carbonyl (C=O) groups excluding carboxylic acids is 1. The summed E-state index contributed by atoms with van der Waals surface area (Å²) < 4.78 is 0. The summed E-state index contributed by atoms with van der Waals surface area (Å²) in [4.78, 5) is 21.0. The van der Waals surface area contributed by atoms with Crippen molar-refractivity contribution in [2.75, 3.05) is 32.7 Å². The first-order valence-electron chi connectivity index (χ1n) is 7.95. The molecule has 2 aliphatic rings. The van der Waals surface area contributed by atoms with Crippen molar-refractivity contribution in [3.8, 4) is 0 Å². The molecule has 5 heteroatoms. The number of carbonyl (C=O) groups is 1. The molecule has 1 aromatic heterocycles. The zero-order valence-corrected chi connectivity index (χ0v) is 12.5. The van der Waals surface area contributed by atoms with Crippen LogP contribution in [0.1, 0.15) is 25.0 Å². The molecular formula is C16H24N4O. The van der Waals surface area contributed by atoms with Gasteiger partial charge in [0.05, 0.1) is 5.69 Å². The maximum atomic E-state index is 12.3. The van der Waals surface area contributed by atoms with E-state index in [4.69, 9.17) is 0 Å². The van der Waals surface area contributed by atoms with Gasteiger partial charge in [0.25, 0.3) is 0 Å². The van der Waals surface area contributed by atoms with E-state index in [9.17, 15) is 4.79 Å². The first kappa shape index (κ1) is 14.5. The third-order valence-corrected chi connectivity index (χ3v) is 4.42. The molecule has 1 atom stereocenters. The molecule has 1 amide bonds. The van der Waals surface area contributed by atoms with Crippen molar-refractivity contribution in [3.05, 3.63) is 30.1 Å². The van der Waals surface area contributed by atoms with Gasteiger partial charge in [0.2, 0.25) is 5.91 Å². The quantitative estimate of drug-likeness (QED) is 0.893. The smallest absolute Gasteiger partial charge is 0.224 e. The second kappa shape index (κ2) is 7.00. The Balaban J connectivity index is 1.43. The number of pyridine rings is 1. The molecule has 0 radical (unpaired) electrons. The molecule has 2 saturated heterocycles. The Kier molecular flexibility index (Phi) is 4.83. The Hall–Kier alpha value is -1.46. The van der Waals surface area contributed by atoms with E-state index < -0.39 is 0 Å². The summed E-state index contributed by atoms with van der Waals surface area (Å²) in [7, 11) is 0. The topological polar surface area (TPSA) is 48.5 Å². The molecule has 0 bridgehead atoms. The Bertz CT molecular complexity index is 451. The molecular weight excluding hydrogens is 264 g/mol. The van der Waals surface area contributed by atoms with Gasteiger partial charge in [-0.2, -0.15) is 0 Å². The van der Waals surface area contributed by atoms with Crippen molar-refractivity contribution < 1.29 is 4.79 Å². The van der Waals surface area contributed by atoms with Crippen LogP contribution in [-0.4, -0.2) is 59.5 Å². The van der Waals surface area contributed by atoms with Crippen LogP contribution in [0.4, 0.5) is 0 Å². The van der Waals surface area contributed by atoms with Gasteiger partial charge in [-0.25, -0.2) is 0 Å². The number of hydrogen-bond donors (Lipinski definition) is 1. The van der Waals surface area contributed by atoms with E-state index in [-0.39, 0.29) is 0 Å². The molecule has 1 N–H and O–H groups in total. The van der Waals surface area contributed by atoms with Crippen molar-refractivity contribution in [1.82, 2.24) is 20.1 Å². The van der Waals surface area contributed by atoms with E-state index in [0.29, 0.717) is 18.4 Å². The minimum Gasteiger partial charge on any atom is -0.340 e. The maximum Gasteiger partial charge on any atom is 0.224 e. The summed E-state index contributed by atoms with van der Waals surface area (Å²) in [6, 6.07) is 6.43. The van der Waals surface area contributed by atoms with Crippen LogP contribution in [0, 0.1) is 0 Å². The predicted octanol–water partition coefficient (Wildman–Crippen LogP) is 0.868. The summed E-state index contributed by atoms with van der Waals surface area (Å²) in [6.45, 7) is 5.53. The molecule has 0 spiro atoms. The summed E-state index contributed by atoms with van der Waals surface area (Å²) in [6.07, 6.45) is 4.85. The highest BCUT2D eigenvalue weighted by Crippen LogP contribution is 2.12. The van der Waals surface area contributed by atoms with Gasteiger partial charge in [-0.3, -0.25) is 14.7 Å². The summed E-state index contributed by atoms with van der Waals surface area (Å²) in [5, 5.41) is 3.40. The fraction of sp³-hybridized carbons (Fsp3) is 0.625. The van der Waals surface area contributed by atoms with Gasteiger partial charge in [0.1, 0.15) is 0 Å². The normalized spacial score (nSPS) is 23.4. The summed E-state index contributed by atoms with van der Waals surface area (Å²) >= 11 is 0. The Labute approximate surface area is 126 Å². The molecule has 2 fully saturated rings. The predicted molar refractivity (Wildman–Crippen MR) is 81.7 cm³/mol. The second-order valence-corrected chi connectivity index (χ2v) is 5.98. The van der Waals surface area contributed by atoms with Crippen molar-refractivity contribution in [2.45, 2.75) is 31.8 Å². The summed E-state index contributed by atoms with van der Waals surface area (Å²) in [5.74, 6) is 0.312. The van der Waals surface area contributed by atoms with Gasteiger partial charge in [-0.1, -0.05) is 6.07 Å². The largest absolute Gasteiger partial charge is 0.340 e. The third kappa shape index (κ3) is 4.02. The van der Waals surface area contributed by atoms with Crippen molar-refractivity contribution in [3.63, 3.8) is 0 Å². The molecule has 1 unspecified atom stereocenters. The highest BCUT2D eigenvalue weighted by Gasteiger charge is 2.24. The molecule has 0 aromatic carbocycles. The number of rotatable bonds is 4. The Morgan fingerprint density at radius 2 is 2.14 bits per heavy atom. The lowest BCUT2D eigenvalue weighted by atomic mass is 10.1. The Morgan fingerprint density at radius 3 is 2.81 bits per heavy atom. The van der Waals surface area contributed by atoms with Crippen molar-refractivity contribution in [1.29, 1.82) is 0 Å². The second-order valence-electron chi connectivity index (χ2n) is 5.98. The van der Waals surface area contributed by atoms with Gasteiger partial charge < -0.3 is 10.2 Å². The van der Waals surface area contributed by atoms with Gasteiger partial charge >= 0.3 is 0 Å². The zero-order chi connectivity index (χ0) is 14.5. The molecule has 2 aliphatic heterocycles. The minimum absolute atomic E-state index is 0.312. The lowest BCUT2D eigenvalue weighted by Crippen LogP contribution is -2.49. The molecule has 3 rings (SSSR count). The number of nitrogens with one attached hydrogen (secondary N) is 1. The highest BCUT2D eigenvalue weighted by molar-refractivity contribution is 5.77.